The summed E-state index contributed by atoms with van der Waals surface area (Å²) < 4.78 is 39.8. The number of hydrogen-bond donors (Lipinski definition) is 1. The van der Waals surface area contributed by atoms with E-state index in [0.717, 1.165) is 0 Å². The Kier molecular flexibility index (Phi) is 4.40. The lowest BCUT2D eigenvalue weighted by molar-refractivity contribution is 0.483. The van der Waals surface area contributed by atoms with Gasteiger partial charge in [0.05, 0.1) is 10.4 Å². The Morgan fingerprint density at radius 3 is 2.32 bits per heavy atom. The van der Waals surface area contributed by atoms with Crippen molar-refractivity contribution in [2.24, 2.45) is 7.05 Å². The summed E-state index contributed by atoms with van der Waals surface area (Å²) in [6, 6.07) is 20.1. The number of para-hydroxylation sites is 1. The average molecular weight is 396 g/mol. The van der Waals surface area contributed by atoms with Gasteiger partial charge >= 0.3 is 5.76 Å². The Morgan fingerprint density at radius 1 is 0.929 bits per heavy atom. The number of fused-ring (bicyclic) bond motifs is 1. The van der Waals surface area contributed by atoms with Crippen LogP contribution in [0.15, 0.2) is 86.9 Å². The van der Waals surface area contributed by atoms with Gasteiger partial charge in [-0.2, -0.15) is 0 Å². The monoisotopic (exact) mass is 396 g/mol. The molecular weight excluding hydrogens is 380 g/mol. The molecule has 0 saturated heterocycles. The molecule has 0 saturated carbocycles. The van der Waals surface area contributed by atoms with Crippen molar-refractivity contribution in [3.05, 3.63) is 83.3 Å². The van der Waals surface area contributed by atoms with Crippen molar-refractivity contribution in [1.82, 2.24) is 4.57 Å². The van der Waals surface area contributed by atoms with E-state index in [0.29, 0.717) is 22.7 Å². The molecule has 0 atom stereocenters. The molecule has 0 unspecified atom stereocenters. The fourth-order valence-electron chi connectivity index (χ4n) is 2.71. The first-order valence-electron chi connectivity index (χ1n) is 8.38. The van der Waals surface area contributed by atoms with E-state index < -0.39 is 15.8 Å². The maximum Gasteiger partial charge on any atom is 0.419 e. The molecule has 0 radical (unpaired) electrons. The molecule has 8 heteroatoms. The van der Waals surface area contributed by atoms with Crippen LogP contribution in [0.3, 0.4) is 0 Å². The lowest BCUT2D eigenvalue weighted by Gasteiger charge is -2.10. The second-order valence-corrected chi connectivity index (χ2v) is 7.78. The van der Waals surface area contributed by atoms with Crippen molar-refractivity contribution in [1.29, 1.82) is 0 Å². The molecule has 28 heavy (non-hydrogen) atoms. The maximum atomic E-state index is 12.6. The largest absolute Gasteiger partial charge is 0.457 e. The minimum absolute atomic E-state index is 0.000961. The Bertz CT molecular complexity index is 1290. The zero-order chi connectivity index (χ0) is 19.7. The third kappa shape index (κ3) is 3.49. The van der Waals surface area contributed by atoms with E-state index >= 15 is 0 Å². The van der Waals surface area contributed by atoms with Gasteiger partial charge in [0.1, 0.15) is 11.5 Å². The number of ether oxygens (including phenoxy) is 1. The highest BCUT2D eigenvalue weighted by Gasteiger charge is 2.17. The van der Waals surface area contributed by atoms with Crippen LogP contribution in [-0.4, -0.2) is 13.0 Å². The molecule has 3 aromatic carbocycles. The molecule has 0 aliphatic heterocycles. The summed E-state index contributed by atoms with van der Waals surface area (Å²) in [6.45, 7) is 0. The number of benzene rings is 3. The van der Waals surface area contributed by atoms with E-state index in [-0.39, 0.29) is 10.5 Å². The summed E-state index contributed by atoms with van der Waals surface area (Å²) in [6.07, 6.45) is 0. The molecule has 0 amide bonds. The highest BCUT2D eigenvalue weighted by atomic mass is 32.2. The van der Waals surface area contributed by atoms with Gasteiger partial charge in [-0.15, -0.1) is 0 Å². The van der Waals surface area contributed by atoms with E-state index in [1.165, 1.54) is 22.8 Å². The number of aromatic nitrogens is 1. The van der Waals surface area contributed by atoms with Crippen LogP contribution in [0, 0.1) is 0 Å². The van der Waals surface area contributed by atoms with Gasteiger partial charge in [0.15, 0.2) is 5.58 Å². The van der Waals surface area contributed by atoms with Gasteiger partial charge in [-0.05, 0) is 48.5 Å². The predicted molar refractivity (Wildman–Crippen MR) is 105 cm³/mol. The number of nitrogens with one attached hydrogen (secondary N) is 1. The van der Waals surface area contributed by atoms with Gasteiger partial charge in [-0.3, -0.25) is 9.29 Å². The third-order valence-electron chi connectivity index (χ3n) is 4.16. The van der Waals surface area contributed by atoms with Crippen molar-refractivity contribution in [3.63, 3.8) is 0 Å². The molecule has 0 spiro atoms. The minimum Gasteiger partial charge on any atom is -0.457 e. The van der Waals surface area contributed by atoms with Crippen LogP contribution >= 0.6 is 0 Å². The molecule has 4 aromatic rings. The van der Waals surface area contributed by atoms with Gasteiger partial charge in [-0.1, -0.05) is 18.2 Å². The van der Waals surface area contributed by atoms with Crippen LogP contribution in [0.25, 0.3) is 11.1 Å². The standard InChI is InChI=1S/C20H16N2O5S/c1-22-18-12-11-17(13-19(18)27-20(22)23)28(24,25)21-14-7-9-16(10-8-14)26-15-5-3-2-4-6-15/h2-13,21H,1H3. The van der Waals surface area contributed by atoms with E-state index in [1.54, 1.807) is 31.3 Å². The molecule has 1 heterocycles. The van der Waals surface area contributed by atoms with Crippen LogP contribution in [0.5, 0.6) is 11.5 Å². The summed E-state index contributed by atoms with van der Waals surface area (Å²) in [5, 5.41) is 0. The molecule has 4 rings (SSSR count). The normalized spacial score (nSPS) is 11.5. The zero-order valence-electron chi connectivity index (χ0n) is 14.8. The Morgan fingerprint density at radius 2 is 1.61 bits per heavy atom. The Balaban J connectivity index is 1.55. The van der Waals surface area contributed by atoms with Gasteiger partial charge in [0, 0.05) is 18.8 Å². The van der Waals surface area contributed by atoms with Crippen LogP contribution in [0.4, 0.5) is 5.69 Å². The van der Waals surface area contributed by atoms with E-state index in [4.69, 9.17) is 9.15 Å². The second kappa shape index (κ2) is 6.90. The van der Waals surface area contributed by atoms with Gasteiger partial charge in [0.2, 0.25) is 0 Å². The molecule has 7 nitrogen and oxygen atoms in total. The highest BCUT2D eigenvalue weighted by molar-refractivity contribution is 7.92. The molecule has 0 bridgehead atoms. The van der Waals surface area contributed by atoms with Crippen molar-refractivity contribution >= 4 is 26.8 Å². The van der Waals surface area contributed by atoms with E-state index in [1.807, 2.05) is 30.3 Å². The predicted octanol–water partition coefficient (Wildman–Crippen LogP) is 3.72. The van der Waals surface area contributed by atoms with Crippen molar-refractivity contribution in [2.75, 3.05) is 4.72 Å². The van der Waals surface area contributed by atoms with Gasteiger partial charge in [0.25, 0.3) is 10.0 Å². The van der Waals surface area contributed by atoms with Gasteiger partial charge in [-0.25, -0.2) is 13.2 Å². The van der Waals surface area contributed by atoms with Crippen molar-refractivity contribution in [3.8, 4) is 11.5 Å². The molecule has 142 valence electrons. The maximum absolute atomic E-state index is 12.6. The molecular formula is C20H16N2O5S. The van der Waals surface area contributed by atoms with Crippen LogP contribution in [0.2, 0.25) is 0 Å². The van der Waals surface area contributed by atoms with Gasteiger partial charge < -0.3 is 9.15 Å². The summed E-state index contributed by atoms with van der Waals surface area (Å²) in [7, 11) is -2.29. The summed E-state index contributed by atoms with van der Waals surface area (Å²) in [4.78, 5) is 11.6. The zero-order valence-corrected chi connectivity index (χ0v) is 15.6. The summed E-state index contributed by atoms with van der Waals surface area (Å²) >= 11 is 0. The van der Waals surface area contributed by atoms with Crippen molar-refractivity contribution in [2.45, 2.75) is 4.90 Å². The second-order valence-electron chi connectivity index (χ2n) is 6.10. The number of sulfonamides is 1. The summed E-state index contributed by atoms with van der Waals surface area (Å²) in [5.41, 5.74) is 1.11. The Labute approximate surface area is 160 Å². The van der Waals surface area contributed by atoms with E-state index in [2.05, 4.69) is 4.72 Å². The van der Waals surface area contributed by atoms with Crippen LogP contribution in [0.1, 0.15) is 0 Å². The van der Waals surface area contributed by atoms with Crippen LogP contribution < -0.4 is 15.2 Å². The number of hydrogen-bond acceptors (Lipinski definition) is 5. The number of rotatable bonds is 5. The lowest BCUT2D eigenvalue weighted by Crippen LogP contribution is -2.12. The number of aryl methyl sites for hydroxylation is 1. The molecule has 0 fully saturated rings. The van der Waals surface area contributed by atoms with Crippen molar-refractivity contribution < 1.29 is 17.6 Å². The van der Waals surface area contributed by atoms with Crippen LogP contribution in [-0.2, 0) is 17.1 Å². The quantitative estimate of drug-likeness (QED) is 0.555. The lowest BCUT2D eigenvalue weighted by atomic mass is 10.3. The smallest absolute Gasteiger partial charge is 0.419 e. The molecule has 1 N–H and O–H groups in total. The average Bonchev–Trinajstić information content (AvgIpc) is 2.97. The first kappa shape index (κ1) is 17.9. The highest BCUT2D eigenvalue weighted by Crippen LogP contribution is 2.25. The molecule has 0 aliphatic carbocycles. The third-order valence-corrected chi connectivity index (χ3v) is 5.54. The number of oxazole rings is 1. The molecule has 1 aromatic heterocycles. The topological polar surface area (TPSA) is 90.5 Å². The first-order chi connectivity index (χ1) is 13.4. The number of nitrogens with zero attached hydrogens (tertiary/aromatic N) is 1. The molecule has 0 aliphatic rings. The van der Waals surface area contributed by atoms with E-state index in [9.17, 15) is 13.2 Å². The fraction of sp³-hybridized carbons (Fsp3) is 0.0500. The number of anilines is 1. The minimum atomic E-state index is -3.84. The fourth-order valence-corrected chi connectivity index (χ4v) is 3.78. The SMILES string of the molecule is Cn1c(=O)oc2cc(S(=O)(=O)Nc3ccc(Oc4ccccc4)cc3)ccc21. The summed E-state index contributed by atoms with van der Waals surface area (Å²) in [5.74, 6) is 0.724. The first-order valence-corrected chi connectivity index (χ1v) is 9.86. The Hall–Kier alpha value is -3.52.